The van der Waals surface area contributed by atoms with Gasteiger partial charge < -0.3 is 10.1 Å². The van der Waals surface area contributed by atoms with Crippen molar-refractivity contribution in [1.82, 2.24) is 10.3 Å². The van der Waals surface area contributed by atoms with Gasteiger partial charge >= 0.3 is 5.97 Å². The van der Waals surface area contributed by atoms with E-state index in [2.05, 4.69) is 10.3 Å². The standard InChI is InChI=1S/C21H20N2O3/c1-15-6-2-3-7-16(15)12-13-22-20(24)14-26-21(25)19-11-10-17-8-4-5-9-18(17)23-19/h2-11H,12-14H2,1H3,(H,22,24). The fourth-order valence-corrected chi connectivity index (χ4v) is 2.66. The fourth-order valence-electron chi connectivity index (χ4n) is 2.66. The van der Waals surface area contributed by atoms with Crippen LogP contribution >= 0.6 is 0 Å². The number of ether oxygens (including phenoxy) is 1. The summed E-state index contributed by atoms with van der Waals surface area (Å²) in [6, 6.07) is 18.9. The van der Waals surface area contributed by atoms with Gasteiger partial charge in [0.15, 0.2) is 6.61 Å². The second kappa shape index (κ2) is 8.25. The third-order valence-electron chi connectivity index (χ3n) is 4.12. The molecule has 0 aliphatic rings. The van der Waals surface area contributed by atoms with E-state index in [0.717, 1.165) is 11.8 Å². The van der Waals surface area contributed by atoms with Gasteiger partial charge in [-0.1, -0.05) is 48.5 Å². The second-order valence-corrected chi connectivity index (χ2v) is 5.99. The lowest BCUT2D eigenvalue weighted by Crippen LogP contribution is -2.30. The zero-order chi connectivity index (χ0) is 18.4. The smallest absolute Gasteiger partial charge is 0.357 e. The highest BCUT2D eigenvalue weighted by molar-refractivity contribution is 5.92. The highest BCUT2D eigenvalue weighted by Gasteiger charge is 2.12. The topological polar surface area (TPSA) is 68.3 Å². The molecule has 0 saturated carbocycles. The molecular formula is C21H20N2O3. The van der Waals surface area contributed by atoms with Gasteiger partial charge in [0.25, 0.3) is 5.91 Å². The van der Waals surface area contributed by atoms with E-state index in [1.54, 1.807) is 12.1 Å². The first kappa shape index (κ1) is 17.6. The van der Waals surface area contributed by atoms with Crippen LogP contribution in [0.2, 0.25) is 0 Å². The molecule has 0 radical (unpaired) electrons. The number of amides is 1. The predicted octanol–water partition coefficient (Wildman–Crippen LogP) is 3.06. The van der Waals surface area contributed by atoms with E-state index >= 15 is 0 Å². The van der Waals surface area contributed by atoms with Crippen LogP contribution in [0.5, 0.6) is 0 Å². The van der Waals surface area contributed by atoms with E-state index < -0.39 is 5.97 Å². The molecule has 1 aromatic heterocycles. The maximum absolute atomic E-state index is 12.1. The van der Waals surface area contributed by atoms with Crippen molar-refractivity contribution in [2.75, 3.05) is 13.2 Å². The summed E-state index contributed by atoms with van der Waals surface area (Å²) in [7, 11) is 0. The van der Waals surface area contributed by atoms with Crippen molar-refractivity contribution in [3.05, 3.63) is 77.5 Å². The average molecular weight is 348 g/mol. The first-order valence-electron chi connectivity index (χ1n) is 8.47. The maximum Gasteiger partial charge on any atom is 0.357 e. The molecule has 0 aliphatic heterocycles. The number of aryl methyl sites for hydroxylation is 1. The first-order chi connectivity index (χ1) is 12.6. The van der Waals surface area contributed by atoms with Gasteiger partial charge in [-0.15, -0.1) is 0 Å². The van der Waals surface area contributed by atoms with Crippen molar-refractivity contribution in [2.24, 2.45) is 0 Å². The zero-order valence-corrected chi connectivity index (χ0v) is 14.6. The molecule has 1 N–H and O–H groups in total. The molecule has 3 aromatic rings. The molecule has 1 heterocycles. The Morgan fingerprint density at radius 1 is 1.00 bits per heavy atom. The number of rotatable bonds is 6. The van der Waals surface area contributed by atoms with Crippen molar-refractivity contribution >= 4 is 22.8 Å². The quantitative estimate of drug-likeness (QED) is 0.695. The Morgan fingerprint density at radius 2 is 1.77 bits per heavy atom. The van der Waals surface area contributed by atoms with E-state index in [-0.39, 0.29) is 18.2 Å². The van der Waals surface area contributed by atoms with E-state index in [9.17, 15) is 9.59 Å². The summed E-state index contributed by atoms with van der Waals surface area (Å²) >= 11 is 0. The molecule has 0 saturated heterocycles. The van der Waals surface area contributed by atoms with Crippen molar-refractivity contribution in [2.45, 2.75) is 13.3 Å². The van der Waals surface area contributed by atoms with Crippen LogP contribution in [-0.4, -0.2) is 30.0 Å². The van der Waals surface area contributed by atoms with Crippen LogP contribution in [0.1, 0.15) is 21.6 Å². The fraction of sp³-hybridized carbons (Fsp3) is 0.190. The molecule has 0 fully saturated rings. The predicted molar refractivity (Wildman–Crippen MR) is 99.9 cm³/mol. The molecule has 2 aromatic carbocycles. The largest absolute Gasteiger partial charge is 0.451 e. The molecule has 132 valence electrons. The molecular weight excluding hydrogens is 328 g/mol. The Bertz CT molecular complexity index is 937. The Hall–Kier alpha value is -3.21. The summed E-state index contributed by atoms with van der Waals surface area (Å²) < 4.78 is 5.05. The minimum atomic E-state index is -0.607. The van der Waals surface area contributed by atoms with E-state index in [0.29, 0.717) is 12.1 Å². The Balaban J connectivity index is 1.47. The summed E-state index contributed by atoms with van der Waals surface area (Å²) in [5, 5.41) is 3.70. The number of fused-ring (bicyclic) bond motifs is 1. The minimum Gasteiger partial charge on any atom is -0.451 e. The lowest BCUT2D eigenvalue weighted by atomic mass is 10.1. The van der Waals surface area contributed by atoms with Crippen LogP contribution in [0.4, 0.5) is 0 Å². The molecule has 1 amide bonds. The number of esters is 1. The van der Waals surface area contributed by atoms with Gasteiger partial charge in [-0.2, -0.15) is 0 Å². The third kappa shape index (κ3) is 4.45. The molecule has 0 aliphatic carbocycles. The minimum absolute atomic E-state index is 0.191. The second-order valence-electron chi connectivity index (χ2n) is 5.99. The van der Waals surface area contributed by atoms with E-state index in [1.807, 2.05) is 55.5 Å². The summed E-state index contributed by atoms with van der Waals surface area (Å²) in [5.41, 5.74) is 3.28. The summed E-state index contributed by atoms with van der Waals surface area (Å²) in [6.07, 6.45) is 0.735. The van der Waals surface area contributed by atoms with Gasteiger partial charge in [-0.3, -0.25) is 4.79 Å². The molecule has 5 heteroatoms. The molecule has 0 spiro atoms. The number of aromatic nitrogens is 1. The number of carbonyl (C=O) groups is 2. The number of nitrogens with zero attached hydrogens (tertiary/aromatic N) is 1. The molecule has 5 nitrogen and oxygen atoms in total. The normalized spacial score (nSPS) is 10.5. The molecule has 3 rings (SSSR count). The molecule has 0 unspecified atom stereocenters. The lowest BCUT2D eigenvalue weighted by Gasteiger charge is -2.08. The number of hydrogen-bond donors (Lipinski definition) is 1. The van der Waals surface area contributed by atoms with Crippen LogP contribution < -0.4 is 5.32 Å². The van der Waals surface area contributed by atoms with Gasteiger partial charge in [-0.05, 0) is 36.6 Å². The highest BCUT2D eigenvalue weighted by atomic mass is 16.5. The number of para-hydroxylation sites is 1. The summed E-state index contributed by atoms with van der Waals surface area (Å²) in [6.45, 7) is 2.21. The van der Waals surface area contributed by atoms with Crippen molar-refractivity contribution in [1.29, 1.82) is 0 Å². The van der Waals surface area contributed by atoms with E-state index in [1.165, 1.54) is 11.1 Å². The summed E-state index contributed by atoms with van der Waals surface area (Å²) in [4.78, 5) is 28.2. The summed E-state index contributed by atoms with van der Waals surface area (Å²) in [5.74, 6) is -0.933. The number of hydrogen-bond acceptors (Lipinski definition) is 4. The van der Waals surface area contributed by atoms with Crippen molar-refractivity contribution in [3.8, 4) is 0 Å². The number of carbonyl (C=O) groups excluding carboxylic acids is 2. The SMILES string of the molecule is Cc1ccccc1CCNC(=O)COC(=O)c1ccc2ccccc2n1. The van der Waals surface area contributed by atoms with Crippen LogP contribution in [0.25, 0.3) is 10.9 Å². The number of benzene rings is 2. The van der Waals surface area contributed by atoms with Gasteiger partial charge in [0.2, 0.25) is 0 Å². The number of nitrogens with one attached hydrogen (secondary N) is 1. The van der Waals surface area contributed by atoms with Gasteiger partial charge in [0.05, 0.1) is 5.52 Å². The van der Waals surface area contributed by atoms with Gasteiger partial charge in [0, 0.05) is 11.9 Å². The monoisotopic (exact) mass is 348 g/mol. The average Bonchev–Trinajstić information content (AvgIpc) is 2.67. The Kier molecular flexibility index (Phi) is 5.59. The highest BCUT2D eigenvalue weighted by Crippen LogP contribution is 2.12. The van der Waals surface area contributed by atoms with Crippen LogP contribution in [0.3, 0.4) is 0 Å². The first-order valence-corrected chi connectivity index (χ1v) is 8.47. The van der Waals surface area contributed by atoms with Gasteiger partial charge in [0.1, 0.15) is 5.69 Å². The number of pyridine rings is 1. The van der Waals surface area contributed by atoms with Crippen LogP contribution in [0.15, 0.2) is 60.7 Å². The van der Waals surface area contributed by atoms with Crippen LogP contribution in [0, 0.1) is 6.92 Å². The Labute approximate surface area is 152 Å². The third-order valence-corrected chi connectivity index (χ3v) is 4.12. The molecule has 26 heavy (non-hydrogen) atoms. The van der Waals surface area contributed by atoms with E-state index in [4.69, 9.17) is 4.74 Å². The maximum atomic E-state index is 12.1. The lowest BCUT2D eigenvalue weighted by molar-refractivity contribution is -0.124. The zero-order valence-electron chi connectivity index (χ0n) is 14.6. The van der Waals surface area contributed by atoms with Crippen molar-refractivity contribution in [3.63, 3.8) is 0 Å². The molecule has 0 atom stereocenters. The van der Waals surface area contributed by atoms with Gasteiger partial charge in [-0.25, -0.2) is 9.78 Å². The molecule has 0 bridgehead atoms. The Morgan fingerprint density at radius 3 is 2.62 bits per heavy atom. The van der Waals surface area contributed by atoms with Crippen LogP contribution in [-0.2, 0) is 16.0 Å². The van der Waals surface area contributed by atoms with Crippen molar-refractivity contribution < 1.29 is 14.3 Å².